The molecule has 3 aromatic carbocycles. The maximum atomic E-state index is 12.5. The number of hydrogen-bond donors (Lipinski definition) is 3. The minimum absolute atomic E-state index is 0.00254. The summed E-state index contributed by atoms with van der Waals surface area (Å²) in [5.74, 6) is -1.55. The molecule has 8 heteroatoms. The van der Waals surface area contributed by atoms with Gasteiger partial charge in [0.25, 0.3) is 23.6 Å². The van der Waals surface area contributed by atoms with Crippen LogP contribution >= 0.6 is 0 Å². The molecule has 0 spiro atoms. The molecule has 0 unspecified atom stereocenters. The number of benzene rings is 3. The van der Waals surface area contributed by atoms with Crippen LogP contribution < -0.4 is 16.2 Å². The van der Waals surface area contributed by atoms with E-state index in [2.05, 4.69) is 16.2 Å². The Morgan fingerprint density at radius 2 is 1.39 bits per heavy atom. The van der Waals surface area contributed by atoms with Crippen LogP contribution in [0.1, 0.15) is 42.2 Å². The molecule has 0 fully saturated rings. The molecule has 1 aliphatic heterocycles. The topological polar surface area (TPSA) is 108 Å². The van der Waals surface area contributed by atoms with Crippen molar-refractivity contribution in [3.8, 4) is 0 Å². The van der Waals surface area contributed by atoms with E-state index < -0.39 is 11.8 Å². The molecule has 0 bridgehead atoms. The van der Waals surface area contributed by atoms with Crippen LogP contribution in [0, 0.1) is 6.92 Å². The fourth-order valence-corrected chi connectivity index (χ4v) is 3.42. The molecule has 166 valence electrons. The Bertz CT molecular complexity index is 1180. The quantitative estimate of drug-likeness (QED) is 0.402. The van der Waals surface area contributed by atoms with Crippen molar-refractivity contribution >= 4 is 29.3 Å². The molecule has 1 aliphatic rings. The van der Waals surface area contributed by atoms with Gasteiger partial charge in [0, 0.05) is 11.3 Å². The van der Waals surface area contributed by atoms with Gasteiger partial charge in [-0.1, -0.05) is 42.0 Å². The molecule has 33 heavy (non-hydrogen) atoms. The molecule has 0 aliphatic carbocycles. The lowest BCUT2D eigenvalue weighted by atomic mass is 10.1. The number of nitrogens with one attached hydrogen (secondary N) is 3. The Labute approximate surface area is 190 Å². The Hall–Kier alpha value is -4.46. The number of carbonyl (C=O) groups is 4. The highest BCUT2D eigenvalue weighted by Gasteiger charge is 2.34. The normalized spacial score (nSPS) is 12.3. The molecule has 3 N–H and O–H groups in total. The number of anilines is 1. The Balaban J connectivity index is 1.28. The van der Waals surface area contributed by atoms with Crippen molar-refractivity contribution in [2.24, 2.45) is 0 Å². The van der Waals surface area contributed by atoms with Gasteiger partial charge in [-0.25, -0.2) is 0 Å². The van der Waals surface area contributed by atoms with E-state index in [1.54, 1.807) is 48.5 Å². The smallest absolute Gasteiger partial charge is 0.269 e. The first-order valence-electron chi connectivity index (χ1n) is 10.4. The number of carbonyl (C=O) groups excluding carboxylic acids is 4. The monoisotopic (exact) mass is 442 g/mol. The van der Waals surface area contributed by atoms with E-state index in [-0.39, 0.29) is 24.9 Å². The fraction of sp³-hybridized carbons (Fsp3) is 0.120. The third-order valence-electron chi connectivity index (χ3n) is 5.26. The summed E-state index contributed by atoms with van der Waals surface area (Å²) in [6.07, 6.45) is 0. The molecule has 0 atom stereocenters. The second kappa shape index (κ2) is 9.35. The summed E-state index contributed by atoms with van der Waals surface area (Å²) in [5.41, 5.74) is 8.46. The molecule has 4 rings (SSSR count). The van der Waals surface area contributed by atoms with Crippen LogP contribution in [0.15, 0.2) is 72.8 Å². The van der Waals surface area contributed by atoms with Crippen molar-refractivity contribution in [1.29, 1.82) is 0 Å². The predicted molar refractivity (Wildman–Crippen MR) is 122 cm³/mol. The molecular formula is C25H22N4O4. The highest BCUT2D eigenvalue weighted by molar-refractivity contribution is 6.21. The second-order valence-corrected chi connectivity index (χ2v) is 7.66. The number of aryl methyl sites for hydroxylation is 1. The van der Waals surface area contributed by atoms with Gasteiger partial charge in [0.2, 0.25) is 0 Å². The van der Waals surface area contributed by atoms with E-state index in [4.69, 9.17) is 0 Å². The fourth-order valence-electron chi connectivity index (χ4n) is 3.42. The number of fused-ring (bicyclic) bond motifs is 1. The summed E-state index contributed by atoms with van der Waals surface area (Å²) in [6.45, 7) is 2.08. The van der Waals surface area contributed by atoms with E-state index in [9.17, 15) is 19.2 Å². The number of rotatable bonds is 6. The highest BCUT2D eigenvalue weighted by Crippen LogP contribution is 2.24. The average molecular weight is 442 g/mol. The van der Waals surface area contributed by atoms with Crippen LogP contribution in [0.25, 0.3) is 0 Å². The molecule has 0 aromatic heterocycles. The summed E-state index contributed by atoms with van der Waals surface area (Å²) in [7, 11) is 0. The molecule has 8 nitrogen and oxygen atoms in total. The zero-order valence-electron chi connectivity index (χ0n) is 17.9. The van der Waals surface area contributed by atoms with E-state index in [1.807, 2.05) is 31.2 Å². The van der Waals surface area contributed by atoms with E-state index in [0.717, 1.165) is 11.3 Å². The van der Waals surface area contributed by atoms with Gasteiger partial charge >= 0.3 is 0 Å². The third-order valence-corrected chi connectivity index (χ3v) is 5.26. The van der Waals surface area contributed by atoms with Crippen molar-refractivity contribution in [3.05, 3.63) is 101 Å². The van der Waals surface area contributed by atoms with Gasteiger partial charge in [-0.3, -0.25) is 34.9 Å². The van der Waals surface area contributed by atoms with Gasteiger partial charge in [0.05, 0.1) is 24.2 Å². The van der Waals surface area contributed by atoms with Crippen molar-refractivity contribution in [2.75, 3.05) is 11.9 Å². The molecule has 4 amide bonds. The first-order chi connectivity index (χ1) is 15.9. The van der Waals surface area contributed by atoms with E-state index in [0.29, 0.717) is 22.3 Å². The highest BCUT2D eigenvalue weighted by atomic mass is 16.2. The summed E-state index contributed by atoms with van der Waals surface area (Å²) in [4.78, 5) is 50.4. The zero-order valence-corrected chi connectivity index (χ0v) is 17.9. The molecule has 0 saturated carbocycles. The van der Waals surface area contributed by atoms with Gasteiger partial charge in [-0.05, 0) is 48.9 Å². The lowest BCUT2D eigenvalue weighted by molar-refractivity contribution is -0.120. The SMILES string of the molecule is Cc1ccc(NCC(=O)NNC(=O)c2ccc(CN3C(=O)c4ccccc4C3=O)cc2)cc1. The number of amides is 4. The van der Waals surface area contributed by atoms with Crippen molar-refractivity contribution < 1.29 is 19.2 Å². The van der Waals surface area contributed by atoms with Gasteiger partial charge in [0.15, 0.2) is 0 Å². The molecular weight excluding hydrogens is 420 g/mol. The van der Waals surface area contributed by atoms with Crippen molar-refractivity contribution in [2.45, 2.75) is 13.5 Å². The standard InChI is InChI=1S/C25H22N4O4/c1-16-6-12-19(13-7-16)26-14-22(30)27-28-23(31)18-10-8-17(9-11-18)15-29-24(32)20-4-2-3-5-21(20)25(29)33/h2-13,26H,14-15H2,1H3,(H,27,30)(H,28,31). The van der Waals surface area contributed by atoms with Crippen LogP contribution in [0.3, 0.4) is 0 Å². The predicted octanol–water partition coefficient (Wildman–Crippen LogP) is 2.66. The summed E-state index contributed by atoms with van der Waals surface area (Å²) in [5, 5.41) is 2.97. The lowest BCUT2D eigenvalue weighted by Gasteiger charge is -2.14. The third kappa shape index (κ3) is 4.90. The van der Waals surface area contributed by atoms with Crippen LogP contribution in [0.2, 0.25) is 0 Å². The Kier molecular flexibility index (Phi) is 6.17. The van der Waals surface area contributed by atoms with Gasteiger partial charge in [0.1, 0.15) is 0 Å². The molecule has 3 aromatic rings. The molecule has 0 saturated heterocycles. The Morgan fingerprint density at radius 3 is 2.00 bits per heavy atom. The molecule has 1 heterocycles. The van der Waals surface area contributed by atoms with Gasteiger partial charge in [-0.15, -0.1) is 0 Å². The molecule has 0 radical (unpaired) electrons. The largest absolute Gasteiger partial charge is 0.376 e. The zero-order chi connectivity index (χ0) is 23.4. The van der Waals surface area contributed by atoms with E-state index >= 15 is 0 Å². The first kappa shape index (κ1) is 21.8. The van der Waals surface area contributed by atoms with Crippen LogP contribution in [-0.2, 0) is 11.3 Å². The Morgan fingerprint density at radius 1 is 0.788 bits per heavy atom. The van der Waals surface area contributed by atoms with Gasteiger partial charge in [-0.2, -0.15) is 0 Å². The van der Waals surface area contributed by atoms with E-state index in [1.165, 1.54) is 4.90 Å². The number of hydrogen-bond acceptors (Lipinski definition) is 5. The summed E-state index contributed by atoms with van der Waals surface area (Å²) in [6, 6.07) is 20.8. The van der Waals surface area contributed by atoms with Gasteiger partial charge < -0.3 is 5.32 Å². The first-order valence-corrected chi connectivity index (χ1v) is 10.4. The number of imide groups is 1. The van der Waals surface area contributed by atoms with Crippen LogP contribution in [0.5, 0.6) is 0 Å². The number of nitrogens with zero attached hydrogens (tertiary/aromatic N) is 1. The van der Waals surface area contributed by atoms with Crippen LogP contribution in [-0.4, -0.2) is 35.1 Å². The minimum atomic E-state index is -0.481. The second-order valence-electron chi connectivity index (χ2n) is 7.66. The minimum Gasteiger partial charge on any atom is -0.376 e. The van der Waals surface area contributed by atoms with Crippen LogP contribution in [0.4, 0.5) is 5.69 Å². The average Bonchev–Trinajstić information content (AvgIpc) is 3.07. The van der Waals surface area contributed by atoms with Crippen molar-refractivity contribution in [1.82, 2.24) is 15.8 Å². The van der Waals surface area contributed by atoms with Crippen molar-refractivity contribution in [3.63, 3.8) is 0 Å². The maximum Gasteiger partial charge on any atom is 0.269 e. The summed E-state index contributed by atoms with van der Waals surface area (Å²) >= 11 is 0. The maximum absolute atomic E-state index is 12.5. The summed E-state index contributed by atoms with van der Waals surface area (Å²) < 4.78 is 0. The lowest BCUT2D eigenvalue weighted by Crippen LogP contribution is -2.44. The number of hydrazine groups is 1.